The zero-order valence-corrected chi connectivity index (χ0v) is 14.7. The van der Waals surface area contributed by atoms with Crippen LogP contribution in [0.1, 0.15) is 10.5 Å². The molecular weight excluding hydrogens is 365 g/mol. The van der Waals surface area contributed by atoms with Gasteiger partial charge in [-0.15, -0.1) is 0 Å². The second kappa shape index (κ2) is 7.67. The molecular formula is C16H15Cl2N5O2. The number of hydrogen-bond acceptors (Lipinski definition) is 5. The highest BCUT2D eigenvalue weighted by Crippen LogP contribution is 2.30. The van der Waals surface area contributed by atoms with Gasteiger partial charge in [-0.1, -0.05) is 29.3 Å². The predicted octanol–water partition coefficient (Wildman–Crippen LogP) is 2.44. The molecule has 1 aromatic heterocycles. The van der Waals surface area contributed by atoms with Crippen molar-refractivity contribution in [3.63, 3.8) is 0 Å². The zero-order chi connectivity index (χ0) is 17.8. The van der Waals surface area contributed by atoms with E-state index < -0.39 is 0 Å². The number of halogens is 2. The van der Waals surface area contributed by atoms with E-state index in [4.69, 9.17) is 23.2 Å². The summed E-state index contributed by atoms with van der Waals surface area (Å²) in [6.45, 7) is 1.99. The average molecular weight is 380 g/mol. The summed E-state index contributed by atoms with van der Waals surface area (Å²) < 4.78 is 0. The lowest BCUT2D eigenvalue weighted by molar-refractivity contribution is -0.119. The van der Waals surface area contributed by atoms with Crippen LogP contribution in [0.2, 0.25) is 10.0 Å². The average Bonchev–Trinajstić information content (AvgIpc) is 2.65. The van der Waals surface area contributed by atoms with Gasteiger partial charge in [-0.3, -0.25) is 9.59 Å². The molecule has 1 N–H and O–H groups in total. The second-order valence-corrected chi connectivity index (χ2v) is 6.21. The second-order valence-electron chi connectivity index (χ2n) is 5.43. The van der Waals surface area contributed by atoms with Crippen LogP contribution >= 0.6 is 23.2 Å². The van der Waals surface area contributed by atoms with E-state index in [1.54, 1.807) is 34.1 Å². The van der Waals surface area contributed by atoms with Crippen LogP contribution in [0.4, 0.5) is 11.6 Å². The Balaban J connectivity index is 1.74. The third-order valence-corrected chi connectivity index (χ3v) is 4.64. The zero-order valence-electron chi connectivity index (χ0n) is 13.2. The predicted molar refractivity (Wildman–Crippen MR) is 95.3 cm³/mol. The monoisotopic (exact) mass is 379 g/mol. The van der Waals surface area contributed by atoms with Crippen molar-refractivity contribution in [1.29, 1.82) is 0 Å². The summed E-state index contributed by atoms with van der Waals surface area (Å²) in [6, 6.07) is 6.72. The van der Waals surface area contributed by atoms with E-state index in [1.165, 1.54) is 6.20 Å². The van der Waals surface area contributed by atoms with Crippen LogP contribution in [-0.4, -0.2) is 58.3 Å². The van der Waals surface area contributed by atoms with Gasteiger partial charge < -0.3 is 15.1 Å². The van der Waals surface area contributed by atoms with Crippen molar-refractivity contribution < 1.29 is 9.59 Å². The highest BCUT2D eigenvalue weighted by molar-refractivity contribution is 6.43. The van der Waals surface area contributed by atoms with Gasteiger partial charge >= 0.3 is 0 Å². The number of carbonyl (C=O) groups is 2. The molecule has 0 bridgehead atoms. The number of hydrogen-bond donors (Lipinski definition) is 1. The van der Waals surface area contributed by atoms with Gasteiger partial charge in [-0.2, -0.15) is 0 Å². The highest BCUT2D eigenvalue weighted by atomic mass is 35.5. The largest absolute Gasteiger partial charge is 0.342 e. The first-order valence-corrected chi connectivity index (χ1v) is 8.37. The van der Waals surface area contributed by atoms with E-state index in [9.17, 15) is 9.59 Å². The van der Waals surface area contributed by atoms with Crippen molar-refractivity contribution in [2.75, 3.05) is 31.5 Å². The van der Waals surface area contributed by atoms with E-state index in [-0.39, 0.29) is 17.5 Å². The SMILES string of the molecule is O=CN1CCN(C(=O)c2ccnc(Nc3cccc(Cl)c3Cl)n2)CC1. The number of amides is 2. The Labute approximate surface area is 154 Å². The fraction of sp³-hybridized carbons (Fsp3) is 0.250. The van der Waals surface area contributed by atoms with Crippen LogP contribution < -0.4 is 5.32 Å². The maximum atomic E-state index is 12.6. The normalized spacial score (nSPS) is 14.3. The van der Waals surface area contributed by atoms with Crippen LogP contribution in [0.3, 0.4) is 0 Å². The minimum absolute atomic E-state index is 0.201. The maximum absolute atomic E-state index is 12.6. The molecule has 3 rings (SSSR count). The molecule has 1 aliphatic heterocycles. The van der Waals surface area contributed by atoms with Crippen molar-refractivity contribution in [1.82, 2.24) is 19.8 Å². The van der Waals surface area contributed by atoms with Gasteiger partial charge in [0.2, 0.25) is 12.4 Å². The van der Waals surface area contributed by atoms with Gasteiger partial charge in [0.15, 0.2) is 0 Å². The van der Waals surface area contributed by atoms with Gasteiger partial charge in [0, 0.05) is 32.4 Å². The lowest BCUT2D eigenvalue weighted by atomic mass is 10.3. The Hall–Kier alpha value is -2.38. The lowest BCUT2D eigenvalue weighted by Gasteiger charge is -2.32. The van der Waals surface area contributed by atoms with Crippen LogP contribution in [0.15, 0.2) is 30.5 Å². The third-order valence-electron chi connectivity index (χ3n) is 3.82. The highest BCUT2D eigenvalue weighted by Gasteiger charge is 2.22. The minimum atomic E-state index is -0.201. The molecule has 1 aromatic carbocycles. The number of rotatable bonds is 4. The molecule has 25 heavy (non-hydrogen) atoms. The number of nitrogens with one attached hydrogen (secondary N) is 1. The van der Waals surface area contributed by atoms with E-state index in [0.717, 1.165) is 6.41 Å². The molecule has 0 spiro atoms. The maximum Gasteiger partial charge on any atom is 0.272 e. The van der Waals surface area contributed by atoms with Gasteiger partial charge in [0.1, 0.15) is 5.69 Å². The summed E-state index contributed by atoms with van der Waals surface area (Å²) in [4.78, 5) is 35.0. The summed E-state index contributed by atoms with van der Waals surface area (Å²) in [6.07, 6.45) is 2.30. The number of aromatic nitrogens is 2. The standard InChI is InChI=1S/C16H15Cl2N5O2/c17-11-2-1-3-12(14(11)18)20-16-19-5-4-13(21-16)15(25)23-8-6-22(10-24)7-9-23/h1-5,10H,6-9H2,(H,19,20,21). The molecule has 1 aliphatic rings. The van der Waals surface area contributed by atoms with Crippen molar-refractivity contribution in [2.45, 2.75) is 0 Å². The lowest BCUT2D eigenvalue weighted by Crippen LogP contribution is -2.48. The van der Waals surface area contributed by atoms with Crippen LogP contribution in [-0.2, 0) is 4.79 Å². The molecule has 0 radical (unpaired) electrons. The Bertz CT molecular complexity index is 794. The Morgan fingerprint density at radius 3 is 2.64 bits per heavy atom. The fourth-order valence-corrected chi connectivity index (χ4v) is 2.80. The van der Waals surface area contributed by atoms with Gasteiger partial charge in [-0.25, -0.2) is 9.97 Å². The summed E-state index contributed by atoms with van der Waals surface area (Å²) in [7, 11) is 0. The molecule has 2 aromatic rings. The van der Waals surface area contributed by atoms with Gasteiger partial charge in [-0.05, 0) is 18.2 Å². The Morgan fingerprint density at radius 1 is 1.16 bits per heavy atom. The van der Waals surface area contributed by atoms with Crippen molar-refractivity contribution in [3.8, 4) is 0 Å². The van der Waals surface area contributed by atoms with E-state index in [2.05, 4.69) is 15.3 Å². The van der Waals surface area contributed by atoms with Crippen molar-refractivity contribution in [2.24, 2.45) is 0 Å². The number of benzene rings is 1. The topological polar surface area (TPSA) is 78.4 Å². The molecule has 2 amide bonds. The summed E-state index contributed by atoms with van der Waals surface area (Å²) in [5.41, 5.74) is 0.827. The van der Waals surface area contributed by atoms with E-state index in [1.807, 2.05) is 0 Å². The number of nitrogens with zero attached hydrogens (tertiary/aromatic N) is 4. The minimum Gasteiger partial charge on any atom is -0.342 e. The first-order valence-electron chi connectivity index (χ1n) is 7.61. The van der Waals surface area contributed by atoms with Crippen molar-refractivity contribution in [3.05, 3.63) is 46.2 Å². The van der Waals surface area contributed by atoms with E-state index >= 15 is 0 Å². The molecule has 0 unspecified atom stereocenters. The number of carbonyl (C=O) groups excluding carboxylic acids is 2. The molecule has 1 saturated heterocycles. The number of piperazine rings is 1. The first kappa shape index (κ1) is 17.4. The molecule has 0 saturated carbocycles. The fourth-order valence-electron chi connectivity index (χ4n) is 2.45. The molecule has 130 valence electrons. The third kappa shape index (κ3) is 4.00. The number of anilines is 2. The van der Waals surface area contributed by atoms with Crippen LogP contribution in [0, 0.1) is 0 Å². The smallest absolute Gasteiger partial charge is 0.272 e. The quantitative estimate of drug-likeness (QED) is 0.825. The molecule has 0 atom stereocenters. The molecule has 2 heterocycles. The van der Waals surface area contributed by atoms with Crippen molar-refractivity contribution >= 4 is 47.2 Å². The molecule has 0 aliphatic carbocycles. The van der Waals surface area contributed by atoms with Gasteiger partial charge in [0.05, 0.1) is 15.7 Å². The molecule has 1 fully saturated rings. The molecule has 7 nitrogen and oxygen atoms in total. The first-order chi connectivity index (χ1) is 12.1. The summed E-state index contributed by atoms with van der Waals surface area (Å²) in [5.74, 6) is 0.0507. The van der Waals surface area contributed by atoms with Crippen LogP contribution in [0.25, 0.3) is 0 Å². The van der Waals surface area contributed by atoms with Crippen LogP contribution in [0.5, 0.6) is 0 Å². The summed E-state index contributed by atoms with van der Waals surface area (Å²) in [5, 5.41) is 3.73. The summed E-state index contributed by atoms with van der Waals surface area (Å²) >= 11 is 12.1. The Kier molecular flexibility index (Phi) is 5.35. The van der Waals surface area contributed by atoms with E-state index in [0.29, 0.717) is 41.9 Å². The Morgan fingerprint density at radius 2 is 1.92 bits per heavy atom. The van der Waals surface area contributed by atoms with Gasteiger partial charge in [0.25, 0.3) is 5.91 Å². The molecule has 9 heteroatoms.